The third-order valence-electron chi connectivity index (χ3n) is 3.97. The van der Waals surface area contributed by atoms with Crippen LogP contribution < -0.4 is 0 Å². The van der Waals surface area contributed by atoms with Crippen LogP contribution in [0.4, 0.5) is 0 Å². The summed E-state index contributed by atoms with van der Waals surface area (Å²) in [5.74, 6) is 1.07. The summed E-state index contributed by atoms with van der Waals surface area (Å²) in [4.78, 5) is 0.199. The van der Waals surface area contributed by atoms with E-state index in [1.165, 1.54) is 36.2 Å². The van der Waals surface area contributed by atoms with Gasteiger partial charge in [-0.1, -0.05) is 47.2 Å². The molecule has 0 aliphatic heterocycles. The molecule has 9 heteroatoms. The fraction of sp³-hybridized carbons (Fsp3) is 0.176. The highest BCUT2D eigenvalue weighted by Gasteiger charge is 2.21. The number of aromatic nitrogens is 3. The van der Waals surface area contributed by atoms with Crippen LogP contribution in [0, 0.1) is 0 Å². The van der Waals surface area contributed by atoms with E-state index in [4.69, 9.17) is 4.42 Å². The minimum atomic E-state index is -3.54. The van der Waals surface area contributed by atoms with E-state index >= 15 is 0 Å². The molecular formula is C17H16N4O3S2. The third-order valence-corrected chi connectivity index (χ3v) is 6.78. The monoisotopic (exact) mass is 388 g/mol. The Kier molecular flexibility index (Phi) is 4.22. The Morgan fingerprint density at radius 2 is 1.88 bits per heavy atom. The van der Waals surface area contributed by atoms with Crippen LogP contribution in [0.2, 0.25) is 0 Å². The average Bonchev–Trinajstić information content (AvgIpc) is 3.19. The van der Waals surface area contributed by atoms with Gasteiger partial charge in [-0.25, -0.2) is 17.1 Å². The fourth-order valence-electron chi connectivity index (χ4n) is 2.57. The lowest BCUT2D eigenvalue weighted by atomic mass is 10.2. The lowest BCUT2D eigenvalue weighted by Gasteiger charge is -2.10. The maximum absolute atomic E-state index is 12.4. The predicted octanol–water partition coefficient (Wildman–Crippen LogP) is 3.02. The zero-order valence-electron chi connectivity index (χ0n) is 14.2. The molecule has 0 saturated carbocycles. The number of hydrogen-bond acceptors (Lipinski definition) is 6. The number of hydrogen-bond donors (Lipinski definition) is 0. The van der Waals surface area contributed by atoms with Crippen LogP contribution >= 0.6 is 11.8 Å². The number of benzene rings is 2. The molecule has 2 aromatic carbocycles. The van der Waals surface area contributed by atoms with Gasteiger partial charge < -0.3 is 4.42 Å². The molecule has 0 unspecified atom stereocenters. The van der Waals surface area contributed by atoms with E-state index in [1.807, 2.05) is 30.3 Å². The van der Waals surface area contributed by atoms with Crippen LogP contribution in [0.3, 0.4) is 0 Å². The average molecular weight is 388 g/mol. The molecule has 0 atom stereocenters. The number of rotatable bonds is 5. The van der Waals surface area contributed by atoms with Crippen LogP contribution in [-0.4, -0.2) is 41.4 Å². The van der Waals surface area contributed by atoms with Crippen LogP contribution in [0.15, 0.2) is 63.0 Å². The van der Waals surface area contributed by atoms with Crippen molar-refractivity contribution in [3.63, 3.8) is 0 Å². The number of oxazole rings is 1. The molecule has 26 heavy (non-hydrogen) atoms. The highest BCUT2D eigenvalue weighted by molar-refractivity contribution is 7.98. The van der Waals surface area contributed by atoms with E-state index in [0.29, 0.717) is 22.1 Å². The fourth-order valence-corrected chi connectivity index (χ4v) is 4.39. The van der Waals surface area contributed by atoms with E-state index in [1.54, 1.807) is 16.5 Å². The van der Waals surface area contributed by atoms with E-state index in [2.05, 4.69) is 10.2 Å². The molecule has 0 radical (unpaired) electrons. The Labute approximate surface area is 154 Å². The molecule has 0 spiro atoms. The second-order valence-electron chi connectivity index (χ2n) is 5.89. The Morgan fingerprint density at radius 3 is 2.62 bits per heavy atom. The summed E-state index contributed by atoms with van der Waals surface area (Å²) in [6.45, 7) is 0. The molecule has 0 aliphatic rings. The quantitative estimate of drug-likeness (QED) is 0.489. The lowest BCUT2D eigenvalue weighted by Crippen LogP contribution is -2.22. The molecule has 2 aromatic heterocycles. The zero-order chi connectivity index (χ0) is 18.3. The Morgan fingerprint density at radius 1 is 1.12 bits per heavy atom. The van der Waals surface area contributed by atoms with Crippen molar-refractivity contribution in [1.29, 1.82) is 0 Å². The van der Waals surface area contributed by atoms with Gasteiger partial charge in [0.05, 0.1) is 10.4 Å². The van der Waals surface area contributed by atoms with Gasteiger partial charge >= 0.3 is 5.84 Å². The number of sulfonamides is 1. The summed E-state index contributed by atoms with van der Waals surface area (Å²) in [7, 11) is -0.527. The van der Waals surface area contributed by atoms with E-state index in [-0.39, 0.29) is 4.90 Å². The highest BCUT2D eigenvalue weighted by Crippen LogP contribution is 2.29. The van der Waals surface area contributed by atoms with Gasteiger partial charge in [0, 0.05) is 19.8 Å². The highest BCUT2D eigenvalue weighted by atomic mass is 32.2. The van der Waals surface area contributed by atoms with Gasteiger partial charge in [-0.05, 0) is 23.8 Å². The molecule has 0 N–H and O–H groups in total. The summed E-state index contributed by atoms with van der Waals surface area (Å²) < 4.78 is 33.4. The second-order valence-corrected chi connectivity index (χ2v) is 8.99. The molecule has 7 nitrogen and oxygen atoms in total. The first kappa shape index (κ1) is 17.1. The van der Waals surface area contributed by atoms with Crippen LogP contribution in [0.5, 0.6) is 0 Å². The summed E-state index contributed by atoms with van der Waals surface area (Å²) in [6.07, 6.45) is 0. The molecule has 4 rings (SSSR count). The minimum absolute atomic E-state index is 0.199. The zero-order valence-corrected chi connectivity index (χ0v) is 15.8. The van der Waals surface area contributed by atoms with Crippen molar-refractivity contribution in [3.8, 4) is 0 Å². The van der Waals surface area contributed by atoms with Gasteiger partial charge in [0.2, 0.25) is 10.0 Å². The summed E-state index contributed by atoms with van der Waals surface area (Å²) in [6, 6.07) is 14.8. The van der Waals surface area contributed by atoms with Crippen molar-refractivity contribution in [1.82, 2.24) is 18.9 Å². The van der Waals surface area contributed by atoms with Crippen LogP contribution in [0.1, 0.15) is 5.56 Å². The van der Waals surface area contributed by atoms with Crippen molar-refractivity contribution in [2.75, 3.05) is 14.1 Å². The van der Waals surface area contributed by atoms with Gasteiger partial charge in [0.15, 0.2) is 10.7 Å². The molecular weight excluding hydrogens is 372 g/mol. The largest absolute Gasteiger partial charge is 0.422 e. The van der Waals surface area contributed by atoms with E-state index in [9.17, 15) is 8.42 Å². The number of nitrogens with zero attached hydrogens (tertiary/aromatic N) is 4. The predicted molar refractivity (Wildman–Crippen MR) is 99.6 cm³/mol. The van der Waals surface area contributed by atoms with Gasteiger partial charge in [-0.2, -0.15) is 0 Å². The van der Waals surface area contributed by atoms with Crippen molar-refractivity contribution in [3.05, 3.63) is 54.1 Å². The molecule has 0 fully saturated rings. The first-order valence-electron chi connectivity index (χ1n) is 7.84. The van der Waals surface area contributed by atoms with Gasteiger partial charge in [0.1, 0.15) is 0 Å². The van der Waals surface area contributed by atoms with Crippen LogP contribution in [-0.2, 0) is 15.8 Å². The third kappa shape index (κ3) is 2.87. The minimum Gasteiger partial charge on any atom is -0.422 e. The standard InChI is InChI=1S/C17H16N4O3S2/c1-20(2)26(22,23)13-8-9-15-14(10-13)21-16(24-15)18-19-17(21)25-11-12-6-4-3-5-7-12/h3-10H,11H2,1-2H3. The van der Waals surface area contributed by atoms with Gasteiger partial charge in [0.25, 0.3) is 0 Å². The molecule has 4 aromatic rings. The molecule has 2 heterocycles. The summed E-state index contributed by atoms with van der Waals surface area (Å²) in [5, 5.41) is 8.89. The maximum Gasteiger partial charge on any atom is 0.328 e. The molecule has 0 amide bonds. The molecule has 0 saturated heterocycles. The Hall–Kier alpha value is -2.36. The van der Waals surface area contributed by atoms with Crippen molar-refractivity contribution in [2.24, 2.45) is 0 Å². The number of thioether (sulfide) groups is 1. The van der Waals surface area contributed by atoms with Crippen molar-refractivity contribution >= 4 is 38.7 Å². The molecule has 0 aliphatic carbocycles. The molecule has 0 bridgehead atoms. The Bertz CT molecular complexity index is 1180. The van der Waals surface area contributed by atoms with Gasteiger partial charge in [-0.3, -0.25) is 0 Å². The first-order valence-corrected chi connectivity index (χ1v) is 10.3. The van der Waals surface area contributed by atoms with Crippen LogP contribution in [0.25, 0.3) is 16.9 Å². The summed E-state index contributed by atoms with van der Waals surface area (Å²) >= 11 is 1.52. The van der Waals surface area contributed by atoms with Gasteiger partial charge in [-0.15, -0.1) is 5.10 Å². The first-order chi connectivity index (χ1) is 12.5. The lowest BCUT2D eigenvalue weighted by molar-refractivity contribution is 0.521. The number of fused-ring (bicyclic) bond motifs is 3. The Balaban J connectivity index is 1.78. The SMILES string of the molecule is CN(C)S(=O)(=O)c1ccc2oc3nnc(SCc4ccccc4)n3c2c1. The van der Waals surface area contributed by atoms with Crippen molar-refractivity contribution < 1.29 is 12.8 Å². The van der Waals surface area contributed by atoms with E-state index in [0.717, 1.165) is 11.3 Å². The van der Waals surface area contributed by atoms with E-state index < -0.39 is 10.0 Å². The topological polar surface area (TPSA) is 80.7 Å². The molecule has 134 valence electrons. The summed E-state index contributed by atoms with van der Waals surface area (Å²) in [5.41, 5.74) is 2.36. The smallest absolute Gasteiger partial charge is 0.328 e. The second kappa shape index (κ2) is 6.42. The normalized spacial score (nSPS) is 12.4. The van der Waals surface area contributed by atoms with Crippen molar-refractivity contribution in [2.45, 2.75) is 15.8 Å². The maximum atomic E-state index is 12.4.